The number of aromatic nitrogens is 3. The predicted molar refractivity (Wildman–Crippen MR) is 213 cm³/mol. The molecule has 11 nitrogen and oxygen atoms in total. The molecule has 284 valence electrons. The summed E-state index contributed by atoms with van der Waals surface area (Å²) in [5.41, 5.74) is 3.22. The normalized spacial score (nSPS) is 21.9. The van der Waals surface area contributed by atoms with Gasteiger partial charge in [0.15, 0.2) is 12.2 Å². The van der Waals surface area contributed by atoms with Crippen LogP contribution >= 0.6 is 11.6 Å². The predicted octanol–water partition coefficient (Wildman–Crippen LogP) is 6.39. The number of fused-ring (bicyclic) bond motifs is 3. The van der Waals surface area contributed by atoms with Crippen molar-refractivity contribution in [1.29, 1.82) is 0 Å². The van der Waals surface area contributed by atoms with Crippen LogP contribution < -0.4 is 24.5 Å². The summed E-state index contributed by atoms with van der Waals surface area (Å²) in [6.07, 6.45) is 2.60. The molecular weight excluding hydrogens is 734 g/mol. The number of benzene rings is 4. The summed E-state index contributed by atoms with van der Waals surface area (Å²) in [7, 11) is -0.716. The van der Waals surface area contributed by atoms with Crippen molar-refractivity contribution in [1.82, 2.24) is 15.0 Å². The molecule has 1 aromatic heterocycles. The zero-order valence-corrected chi connectivity index (χ0v) is 33.1. The molecule has 4 aromatic carbocycles. The topological polar surface area (TPSA) is 119 Å². The molecule has 3 aliphatic rings. The van der Waals surface area contributed by atoms with E-state index in [-0.39, 0.29) is 49.1 Å². The Bertz CT molecular complexity index is 2250. The first-order chi connectivity index (χ1) is 26.5. The van der Waals surface area contributed by atoms with Crippen LogP contribution in [-0.2, 0) is 39.4 Å². The second-order valence-corrected chi connectivity index (χ2v) is 20.2. The summed E-state index contributed by atoms with van der Waals surface area (Å²) in [6.45, 7) is 7.60. The molecule has 1 saturated heterocycles. The number of ether oxygens (including phenoxy) is 3. The van der Waals surface area contributed by atoms with Gasteiger partial charge in [0, 0.05) is 48.0 Å². The molecule has 4 heterocycles. The average molecular weight is 778 g/mol. The number of anilines is 3. The molecule has 2 amide bonds. The first-order valence-corrected chi connectivity index (χ1v) is 22.1. The van der Waals surface area contributed by atoms with E-state index in [2.05, 4.69) is 42.5 Å². The molecular formula is C42H44ClN5O6Si. The Kier molecular flexibility index (Phi) is 9.79. The number of methoxy groups -OCH3 is 1. The zero-order chi connectivity index (χ0) is 38.5. The standard InChI is InChI=1S/C42H44ClN5O6Si/c1-27-40(55(3,4)33-15-13-32(52-2)14-16-33)38(18-20-46-25-30(19-21-49)44-45-46)54-42(27)34-23-29(43)12-17-35(34)47(41(42)51)24-28-8-7-9-31(22-28)48-36-10-5-6-11-37(36)53-26-39(48)50/h5-17,22-23,25,27,38,40,49H,18-21,24,26H2,1-4H3/t27-,38+,40-,42+/m0/s1. The largest absolute Gasteiger partial charge is 0.497 e. The van der Waals surface area contributed by atoms with E-state index in [1.54, 1.807) is 16.7 Å². The van der Waals surface area contributed by atoms with Gasteiger partial charge in [0.1, 0.15) is 11.5 Å². The summed E-state index contributed by atoms with van der Waals surface area (Å²) in [5.74, 6) is 0.913. The lowest BCUT2D eigenvalue weighted by Gasteiger charge is -2.37. The van der Waals surface area contributed by atoms with E-state index in [9.17, 15) is 9.90 Å². The highest BCUT2D eigenvalue weighted by Crippen LogP contribution is 2.60. The summed E-state index contributed by atoms with van der Waals surface area (Å²) >= 11 is 6.73. The highest BCUT2D eigenvalue weighted by atomic mass is 35.5. The fourth-order valence-corrected chi connectivity index (χ4v) is 13.2. The molecule has 0 bridgehead atoms. The average Bonchev–Trinajstić information content (AvgIpc) is 3.83. The molecule has 4 atom stereocenters. The van der Waals surface area contributed by atoms with Gasteiger partial charge in [0.05, 0.1) is 44.9 Å². The Balaban J connectivity index is 1.16. The molecule has 1 N–H and O–H groups in total. The van der Waals surface area contributed by atoms with Crippen LogP contribution in [0.15, 0.2) is 97.2 Å². The molecule has 0 radical (unpaired) electrons. The number of hydrogen-bond acceptors (Lipinski definition) is 8. The molecule has 1 spiro atoms. The molecule has 0 saturated carbocycles. The maximum absolute atomic E-state index is 15.3. The van der Waals surface area contributed by atoms with Gasteiger partial charge in [-0.25, -0.2) is 0 Å². The quantitative estimate of drug-likeness (QED) is 0.154. The van der Waals surface area contributed by atoms with Crippen LogP contribution in [0.3, 0.4) is 0 Å². The van der Waals surface area contributed by atoms with Gasteiger partial charge < -0.3 is 24.2 Å². The lowest BCUT2D eigenvalue weighted by molar-refractivity contribution is -0.146. The fraction of sp³-hybridized carbons (Fsp3) is 0.333. The Hall–Kier alpha value is -5.01. The van der Waals surface area contributed by atoms with Gasteiger partial charge in [0.25, 0.3) is 11.8 Å². The molecule has 55 heavy (non-hydrogen) atoms. The Morgan fingerprint density at radius 2 is 1.80 bits per heavy atom. The highest BCUT2D eigenvalue weighted by Gasteiger charge is 2.66. The Labute approximate surface area is 326 Å². The van der Waals surface area contributed by atoms with E-state index < -0.39 is 13.7 Å². The van der Waals surface area contributed by atoms with Gasteiger partial charge in [-0.2, -0.15) is 0 Å². The molecule has 3 aliphatic heterocycles. The van der Waals surface area contributed by atoms with Crippen LogP contribution in [0.1, 0.15) is 30.2 Å². The van der Waals surface area contributed by atoms with Crippen molar-refractivity contribution < 1.29 is 28.9 Å². The fourth-order valence-electron chi connectivity index (χ4n) is 9.01. The van der Waals surface area contributed by atoms with Crippen molar-refractivity contribution in [2.75, 3.05) is 30.1 Å². The van der Waals surface area contributed by atoms with E-state index in [0.29, 0.717) is 41.5 Å². The van der Waals surface area contributed by atoms with Gasteiger partial charge in [-0.3, -0.25) is 19.2 Å². The smallest absolute Gasteiger partial charge is 0.269 e. The summed E-state index contributed by atoms with van der Waals surface area (Å²) in [4.78, 5) is 32.0. The first-order valence-electron chi connectivity index (χ1n) is 18.6. The van der Waals surface area contributed by atoms with Crippen molar-refractivity contribution in [2.45, 2.75) is 63.2 Å². The number of carbonyl (C=O) groups excluding carboxylic acids is 2. The number of rotatable bonds is 11. The lowest BCUT2D eigenvalue weighted by Crippen LogP contribution is -2.51. The molecule has 0 unspecified atom stereocenters. The number of aliphatic hydroxyl groups excluding tert-OH is 1. The Morgan fingerprint density at radius 1 is 1.00 bits per heavy atom. The number of aliphatic hydroxyl groups is 1. The van der Waals surface area contributed by atoms with Crippen LogP contribution in [0.2, 0.25) is 23.7 Å². The van der Waals surface area contributed by atoms with Crippen molar-refractivity contribution in [3.8, 4) is 11.5 Å². The van der Waals surface area contributed by atoms with Gasteiger partial charge >= 0.3 is 0 Å². The van der Waals surface area contributed by atoms with E-state index in [1.165, 1.54) is 5.19 Å². The number of amides is 2. The van der Waals surface area contributed by atoms with Crippen LogP contribution in [0.5, 0.6) is 11.5 Å². The number of hydrogen-bond donors (Lipinski definition) is 1. The van der Waals surface area contributed by atoms with Crippen LogP contribution in [-0.4, -0.2) is 66.4 Å². The van der Waals surface area contributed by atoms with Crippen LogP contribution in [0, 0.1) is 5.92 Å². The first kappa shape index (κ1) is 36.9. The summed E-state index contributed by atoms with van der Waals surface area (Å²) < 4.78 is 20.3. The number of carbonyl (C=O) groups is 2. The van der Waals surface area contributed by atoms with Gasteiger partial charge in [-0.15, -0.1) is 5.10 Å². The van der Waals surface area contributed by atoms with E-state index in [1.807, 2.05) is 90.0 Å². The van der Waals surface area contributed by atoms with Crippen LogP contribution in [0.4, 0.5) is 17.1 Å². The van der Waals surface area contributed by atoms with Crippen molar-refractivity contribution in [3.05, 3.63) is 119 Å². The minimum atomic E-state index is -2.38. The molecule has 1 fully saturated rings. The third-order valence-electron chi connectivity index (χ3n) is 11.6. The Morgan fingerprint density at radius 3 is 2.58 bits per heavy atom. The summed E-state index contributed by atoms with van der Waals surface area (Å²) in [5, 5.41) is 19.8. The number of para-hydroxylation sites is 2. The molecule has 8 rings (SSSR count). The van der Waals surface area contributed by atoms with Crippen molar-refractivity contribution in [3.63, 3.8) is 0 Å². The van der Waals surface area contributed by atoms with E-state index in [4.69, 9.17) is 25.8 Å². The van der Waals surface area contributed by atoms with E-state index in [0.717, 1.165) is 28.3 Å². The zero-order valence-electron chi connectivity index (χ0n) is 31.3. The second kappa shape index (κ2) is 14.6. The van der Waals surface area contributed by atoms with Gasteiger partial charge in [0.2, 0.25) is 0 Å². The third kappa shape index (κ3) is 6.40. The molecule has 13 heteroatoms. The lowest BCUT2D eigenvalue weighted by atomic mass is 9.82. The third-order valence-corrected chi connectivity index (χ3v) is 16.2. The molecule has 0 aliphatic carbocycles. The minimum Gasteiger partial charge on any atom is -0.497 e. The number of halogens is 1. The van der Waals surface area contributed by atoms with Crippen molar-refractivity contribution in [2.24, 2.45) is 5.92 Å². The minimum absolute atomic E-state index is 0.00163. The maximum atomic E-state index is 15.3. The van der Waals surface area contributed by atoms with E-state index >= 15 is 4.79 Å². The van der Waals surface area contributed by atoms with Crippen molar-refractivity contribution >= 4 is 53.7 Å². The maximum Gasteiger partial charge on any atom is 0.269 e. The number of nitrogens with zero attached hydrogens (tertiary/aromatic N) is 5. The van der Waals surface area contributed by atoms with Gasteiger partial charge in [-0.1, -0.05) is 78.4 Å². The highest BCUT2D eigenvalue weighted by molar-refractivity contribution is 6.91. The second-order valence-electron chi connectivity index (χ2n) is 15.1. The monoisotopic (exact) mass is 777 g/mol. The number of aryl methyl sites for hydroxylation is 1. The SMILES string of the molecule is COc1ccc([Si](C)(C)[C@@H]2[C@@H](CCn3cc(CCO)nn3)O[C@]3(C(=O)N(Cc4cccc(N5C(=O)COc6ccccc65)c4)c4ccc(Cl)cc43)[C@H]2C)cc1. The van der Waals surface area contributed by atoms with Crippen LogP contribution in [0.25, 0.3) is 0 Å². The summed E-state index contributed by atoms with van der Waals surface area (Å²) in [6, 6.07) is 29.2. The molecule has 5 aromatic rings. The van der Waals surface area contributed by atoms with Gasteiger partial charge in [-0.05, 0) is 72.1 Å².